The van der Waals surface area contributed by atoms with Crippen LogP contribution in [0.5, 0.6) is 0 Å². The van der Waals surface area contributed by atoms with E-state index in [1.807, 2.05) is 0 Å². The second kappa shape index (κ2) is 4.02. The standard InChI is InChI=1S/C6H9N3OS/c10-9-4-1-2-7-6(9)8-3-5-11/h1-2,4,10-11H,3,5H2. The average molecular weight is 171 g/mol. The summed E-state index contributed by atoms with van der Waals surface area (Å²) in [6.45, 7) is 0.556. The monoisotopic (exact) mass is 171 g/mol. The Hall–Kier alpha value is -0.970. The van der Waals surface area contributed by atoms with Gasteiger partial charge in [0.15, 0.2) is 0 Å². The summed E-state index contributed by atoms with van der Waals surface area (Å²) in [6.07, 6.45) is 3.05. The minimum atomic E-state index is 0.307. The van der Waals surface area contributed by atoms with Crippen molar-refractivity contribution in [2.75, 3.05) is 12.3 Å². The van der Waals surface area contributed by atoms with Crippen LogP contribution >= 0.6 is 12.6 Å². The van der Waals surface area contributed by atoms with Gasteiger partial charge in [-0.3, -0.25) is 0 Å². The summed E-state index contributed by atoms with van der Waals surface area (Å²) >= 11 is 3.97. The van der Waals surface area contributed by atoms with Crippen LogP contribution in [0.25, 0.3) is 0 Å². The fourth-order valence-electron chi connectivity index (χ4n) is 0.619. The van der Waals surface area contributed by atoms with E-state index in [9.17, 15) is 0 Å². The van der Waals surface area contributed by atoms with Gasteiger partial charge in [0.05, 0.1) is 6.54 Å². The van der Waals surface area contributed by atoms with Gasteiger partial charge in [0, 0.05) is 18.1 Å². The molecule has 60 valence electrons. The normalized spacial score (nSPS) is 11.9. The van der Waals surface area contributed by atoms with Gasteiger partial charge in [-0.2, -0.15) is 17.4 Å². The largest absolute Gasteiger partial charge is 0.425 e. The molecule has 0 unspecified atom stereocenters. The Morgan fingerprint density at radius 1 is 1.73 bits per heavy atom. The summed E-state index contributed by atoms with van der Waals surface area (Å²) in [5.41, 5.74) is 0.307. The Kier molecular flexibility index (Phi) is 2.97. The summed E-state index contributed by atoms with van der Waals surface area (Å²) in [5.74, 6) is 0.649. The van der Waals surface area contributed by atoms with Crippen LogP contribution in [-0.2, 0) is 0 Å². The Morgan fingerprint density at radius 3 is 3.18 bits per heavy atom. The molecule has 0 aliphatic heterocycles. The van der Waals surface area contributed by atoms with Crippen LogP contribution in [0.1, 0.15) is 0 Å². The molecule has 0 saturated carbocycles. The Labute approximate surface area is 69.6 Å². The second-order valence-electron chi connectivity index (χ2n) is 1.87. The van der Waals surface area contributed by atoms with Crippen molar-refractivity contribution in [2.45, 2.75) is 0 Å². The third-order valence-electron chi connectivity index (χ3n) is 1.06. The van der Waals surface area contributed by atoms with Gasteiger partial charge >= 0.3 is 0 Å². The number of hydrogen-bond donors (Lipinski definition) is 2. The molecule has 0 aliphatic carbocycles. The molecule has 0 radical (unpaired) electrons. The lowest BCUT2D eigenvalue weighted by atomic mass is 10.7. The van der Waals surface area contributed by atoms with Crippen molar-refractivity contribution in [3.8, 4) is 0 Å². The number of hydrogen-bond acceptors (Lipinski definition) is 4. The van der Waals surface area contributed by atoms with E-state index < -0.39 is 0 Å². The van der Waals surface area contributed by atoms with Crippen molar-refractivity contribution in [1.29, 1.82) is 0 Å². The molecule has 0 atom stereocenters. The summed E-state index contributed by atoms with van der Waals surface area (Å²) < 4.78 is 0.878. The van der Waals surface area contributed by atoms with E-state index >= 15 is 0 Å². The van der Waals surface area contributed by atoms with E-state index in [1.54, 1.807) is 12.3 Å². The molecule has 0 saturated heterocycles. The molecule has 1 N–H and O–H groups in total. The quantitative estimate of drug-likeness (QED) is 0.484. The molecule has 1 aromatic heterocycles. The first-order valence-corrected chi connectivity index (χ1v) is 3.82. The van der Waals surface area contributed by atoms with Gasteiger partial charge in [-0.05, 0) is 6.07 Å². The zero-order valence-corrected chi connectivity index (χ0v) is 6.78. The first-order chi connectivity index (χ1) is 5.34. The van der Waals surface area contributed by atoms with Crippen molar-refractivity contribution in [3.63, 3.8) is 0 Å². The maximum absolute atomic E-state index is 9.07. The van der Waals surface area contributed by atoms with Crippen LogP contribution < -0.4 is 5.62 Å². The van der Waals surface area contributed by atoms with Crippen LogP contribution in [0.4, 0.5) is 0 Å². The molecule has 0 bridgehead atoms. The first kappa shape index (κ1) is 8.13. The van der Waals surface area contributed by atoms with E-state index in [4.69, 9.17) is 5.21 Å². The number of thiol groups is 1. The van der Waals surface area contributed by atoms with E-state index in [0.717, 1.165) is 4.73 Å². The Bertz CT molecular complexity index is 283. The molecule has 5 heteroatoms. The molecule has 0 amide bonds. The van der Waals surface area contributed by atoms with Crippen molar-refractivity contribution in [1.82, 2.24) is 9.71 Å². The zero-order chi connectivity index (χ0) is 8.10. The van der Waals surface area contributed by atoms with Gasteiger partial charge in [0.2, 0.25) is 0 Å². The maximum Gasteiger partial charge on any atom is 0.258 e. The van der Waals surface area contributed by atoms with Crippen LogP contribution in [0.15, 0.2) is 23.5 Å². The lowest BCUT2D eigenvalue weighted by Gasteiger charge is -1.94. The SMILES string of the molecule is On1cccnc1=NCCS. The third kappa shape index (κ3) is 2.27. The molecular formula is C6H9N3OS. The summed E-state index contributed by atoms with van der Waals surface area (Å²) in [7, 11) is 0. The molecule has 0 spiro atoms. The minimum absolute atomic E-state index is 0.307. The van der Waals surface area contributed by atoms with Gasteiger partial charge in [-0.1, -0.05) is 0 Å². The minimum Gasteiger partial charge on any atom is -0.425 e. The Morgan fingerprint density at radius 2 is 2.55 bits per heavy atom. The summed E-state index contributed by atoms with van der Waals surface area (Å²) in [4.78, 5) is 7.78. The molecule has 4 nitrogen and oxygen atoms in total. The van der Waals surface area contributed by atoms with E-state index in [-0.39, 0.29) is 0 Å². The second-order valence-corrected chi connectivity index (χ2v) is 2.32. The van der Waals surface area contributed by atoms with Crippen LogP contribution in [-0.4, -0.2) is 27.2 Å². The van der Waals surface area contributed by atoms with Crippen LogP contribution in [0.2, 0.25) is 0 Å². The molecule has 0 fully saturated rings. The van der Waals surface area contributed by atoms with Gasteiger partial charge in [-0.25, -0.2) is 9.98 Å². The van der Waals surface area contributed by atoms with Crippen molar-refractivity contribution >= 4 is 12.6 Å². The Balaban J connectivity index is 2.93. The van der Waals surface area contributed by atoms with Gasteiger partial charge in [-0.15, -0.1) is 0 Å². The highest BCUT2D eigenvalue weighted by Crippen LogP contribution is 1.74. The maximum atomic E-state index is 9.07. The number of aromatic nitrogens is 2. The molecule has 1 aromatic rings. The fraction of sp³-hybridized carbons (Fsp3) is 0.333. The van der Waals surface area contributed by atoms with E-state index in [0.29, 0.717) is 17.9 Å². The third-order valence-corrected chi connectivity index (χ3v) is 1.26. The first-order valence-electron chi connectivity index (χ1n) is 3.19. The highest BCUT2D eigenvalue weighted by Gasteiger charge is 1.85. The van der Waals surface area contributed by atoms with Crippen molar-refractivity contribution < 1.29 is 5.21 Å². The van der Waals surface area contributed by atoms with Crippen molar-refractivity contribution in [3.05, 3.63) is 24.1 Å². The lowest BCUT2D eigenvalue weighted by Crippen LogP contribution is -2.21. The summed E-state index contributed by atoms with van der Waals surface area (Å²) in [5, 5.41) is 9.07. The molecule has 1 rings (SSSR count). The van der Waals surface area contributed by atoms with Gasteiger partial charge in [0.25, 0.3) is 5.62 Å². The topological polar surface area (TPSA) is 50.4 Å². The fourth-order valence-corrected chi connectivity index (χ4v) is 0.719. The molecule has 0 aliphatic rings. The molecule has 0 aromatic carbocycles. The van der Waals surface area contributed by atoms with Gasteiger partial charge in [0.1, 0.15) is 0 Å². The smallest absolute Gasteiger partial charge is 0.258 e. The highest BCUT2D eigenvalue weighted by atomic mass is 32.1. The van der Waals surface area contributed by atoms with Crippen LogP contribution in [0.3, 0.4) is 0 Å². The van der Waals surface area contributed by atoms with E-state index in [2.05, 4.69) is 22.6 Å². The highest BCUT2D eigenvalue weighted by molar-refractivity contribution is 7.80. The lowest BCUT2D eigenvalue weighted by molar-refractivity contribution is 0.166. The average Bonchev–Trinajstić information content (AvgIpc) is 2.03. The van der Waals surface area contributed by atoms with Crippen molar-refractivity contribution in [2.24, 2.45) is 4.99 Å². The molecule has 11 heavy (non-hydrogen) atoms. The predicted octanol–water partition coefficient (Wildman–Crippen LogP) is -0.0491. The number of rotatable bonds is 2. The number of nitrogens with zero attached hydrogens (tertiary/aromatic N) is 3. The summed E-state index contributed by atoms with van der Waals surface area (Å²) in [6, 6.07) is 1.62. The zero-order valence-electron chi connectivity index (χ0n) is 5.88. The van der Waals surface area contributed by atoms with Crippen LogP contribution in [0, 0.1) is 0 Å². The molecule has 1 heterocycles. The van der Waals surface area contributed by atoms with Gasteiger partial charge < -0.3 is 5.21 Å². The van der Waals surface area contributed by atoms with E-state index in [1.165, 1.54) is 6.20 Å². The predicted molar refractivity (Wildman–Crippen MR) is 43.7 cm³/mol. The molecular weight excluding hydrogens is 162 g/mol.